The van der Waals surface area contributed by atoms with Crippen LogP contribution in [-0.2, 0) is 10.0 Å². The molecule has 0 unspecified atom stereocenters. The van der Waals surface area contributed by atoms with Crippen LogP contribution in [0.25, 0.3) is 0 Å². The van der Waals surface area contributed by atoms with Crippen molar-refractivity contribution in [2.45, 2.75) is 11.8 Å². The smallest absolute Gasteiger partial charge is 0.343 e. The van der Waals surface area contributed by atoms with Crippen LogP contribution >= 0.6 is 0 Å². The average Bonchev–Trinajstić information content (AvgIpc) is 2.90. The van der Waals surface area contributed by atoms with Gasteiger partial charge in [-0.05, 0) is 84.8 Å². The first-order valence-corrected chi connectivity index (χ1v) is 12.7. The molecule has 8 nitrogen and oxygen atoms in total. The van der Waals surface area contributed by atoms with Crippen LogP contribution in [0.5, 0.6) is 5.75 Å². The SMILES string of the molecule is Cc1ccccc1C(=O)Oc1ccc(/C=N/NC(=O)c2ccc(NS(=O)(=O)c3ccccc3)cc2)cc1. The van der Waals surface area contributed by atoms with E-state index in [4.69, 9.17) is 4.74 Å². The Hall–Kier alpha value is -4.76. The van der Waals surface area contributed by atoms with E-state index in [-0.39, 0.29) is 4.90 Å². The molecule has 4 rings (SSSR count). The number of benzene rings is 4. The molecule has 2 N–H and O–H groups in total. The molecule has 9 heteroatoms. The molecule has 0 heterocycles. The van der Waals surface area contributed by atoms with Crippen LogP contribution in [0.15, 0.2) is 113 Å². The molecule has 0 aliphatic heterocycles. The van der Waals surface area contributed by atoms with Crippen molar-refractivity contribution in [2.24, 2.45) is 5.10 Å². The van der Waals surface area contributed by atoms with Crippen molar-refractivity contribution in [3.8, 4) is 5.75 Å². The largest absolute Gasteiger partial charge is 0.423 e. The van der Waals surface area contributed by atoms with Crippen LogP contribution in [0.1, 0.15) is 31.8 Å². The molecule has 0 saturated heterocycles. The Kier molecular flexibility index (Phi) is 7.75. The van der Waals surface area contributed by atoms with Crippen molar-refractivity contribution in [1.29, 1.82) is 0 Å². The zero-order chi connectivity index (χ0) is 26.3. The summed E-state index contributed by atoms with van der Waals surface area (Å²) in [6.07, 6.45) is 1.45. The van der Waals surface area contributed by atoms with Crippen molar-refractivity contribution in [1.82, 2.24) is 5.43 Å². The van der Waals surface area contributed by atoms with E-state index in [2.05, 4.69) is 15.2 Å². The number of aryl methyl sites for hydroxylation is 1. The van der Waals surface area contributed by atoms with E-state index >= 15 is 0 Å². The second-order valence-electron chi connectivity index (χ2n) is 7.97. The van der Waals surface area contributed by atoms with Gasteiger partial charge < -0.3 is 4.74 Å². The molecule has 0 atom stereocenters. The fourth-order valence-electron chi connectivity index (χ4n) is 3.32. The highest BCUT2D eigenvalue weighted by molar-refractivity contribution is 7.92. The topological polar surface area (TPSA) is 114 Å². The van der Waals surface area contributed by atoms with Gasteiger partial charge in [-0.3, -0.25) is 9.52 Å². The lowest BCUT2D eigenvalue weighted by Gasteiger charge is -2.08. The summed E-state index contributed by atoms with van der Waals surface area (Å²) in [7, 11) is -3.72. The first kappa shape index (κ1) is 25.3. The lowest BCUT2D eigenvalue weighted by Crippen LogP contribution is -2.18. The number of rotatable bonds is 8. The van der Waals surface area contributed by atoms with Gasteiger partial charge in [0.15, 0.2) is 0 Å². The fourth-order valence-corrected chi connectivity index (χ4v) is 4.40. The minimum Gasteiger partial charge on any atom is -0.423 e. The van der Waals surface area contributed by atoms with Crippen LogP contribution in [0.4, 0.5) is 5.69 Å². The first-order valence-electron chi connectivity index (χ1n) is 11.2. The summed E-state index contributed by atoms with van der Waals surface area (Å²) in [5, 5.41) is 3.95. The molecule has 0 radical (unpaired) electrons. The second kappa shape index (κ2) is 11.3. The van der Waals surface area contributed by atoms with Crippen molar-refractivity contribution in [2.75, 3.05) is 4.72 Å². The quantitative estimate of drug-likeness (QED) is 0.152. The molecule has 0 aliphatic rings. The van der Waals surface area contributed by atoms with E-state index in [0.717, 1.165) is 5.56 Å². The maximum Gasteiger partial charge on any atom is 0.343 e. The van der Waals surface area contributed by atoms with E-state index in [1.165, 1.54) is 42.6 Å². The molecule has 0 aliphatic carbocycles. The third-order valence-electron chi connectivity index (χ3n) is 5.29. The highest BCUT2D eigenvalue weighted by Gasteiger charge is 2.14. The van der Waals surface area contributed by atoms with Gasteiger partial charge in [-0.25, -0.2) is 18.6 Å². The zero-order valence-electron chi connectivity index (χ0n) is 19.8. The van der Waals surface area contributed by atoms with Gasteiger partial charge in [0.25, 0.3) is 15.9 Å². The zero-order valence-corrected chi connectivity index (χ0v) is 20.6. The summed E-state index contributed by atoms with van der Waals surface area (Å²) in [5.74, 6) is -0.513. The number of hydrogen-bond donors (Lipinski definition) is 2. The van der Waals surface area contributed by atoms with Crippen molar-refractivity contribution < 1.29 is 22.7 Å². The van der Waals surface area contributed by atoms with E-state index < -0.39 is 21.9 Å². The first-order chi connectivity index (χ1) is 17.8. The monoisotopic (exact) mass is 513 g/mol. The Labute approximate surface area is 214 Å². The number of nitrogens with zero attached hydrogens (tertiary/aromatic N) is 1. The molecule has 0 aromatic heterocycles. The van der Waals surface area contributed by atoms with Crippen LogP contribution in [0, 0.1) is 6.92 Å². The van der Waals surface area contributed by atoms with E-state index in [1.54, 1.807) is 54.6 Å². The minimum absolute atomic E-state index is 0.142. The third kappa shape index (κ3) is 6.68. The number of hydrogen-bond acceptors (Lipinski definition) is 6. The normalized spacial score (nSPS) is 11.2. The van der Waals surface area contributed by atoms with Gasteiger partial charge in [-0.1, -0.05) is 36.4 Å². The van der Waals surface area contributed by atoms with Crippen LogP contribution in [0.3, 0.4) is 0 Å². The number of hydrazone groups is 1. The molecule has 1 amide bonds. The van der Waals surface area contributed by atoms with Crippen molar-refractivity contribution in [3.05, 3.63) is 125 Å². The Morgan fingerprint density at radius 2 is 1.46 bits per heavy atom. The van der Waals surface area contributed by atoms with Gasteiger partial charge in [-0.2, -0.15) is 5.10 Å². The maximum absolute atomic E-state index is 12.4. The van der Waals surface area contributed by atoms with Gasteiger partial charge in [0, 0.05) is 11.3 Å². The fraction of sp³-hybridized carbons (Fsp3) is 0.0357. The van der Waals surface area contributed by atoms with E-state index in [9.17, 15) is 18.0 Å². The van der Waals surface area contributed by atoms with Gasteiger partial charge in [-0.15, -0.1) is 0 Å². The molecule has 0 saturated carbocycles. The molecule has 0 spiro atoms. The predicted octanol–water partition coefficient (Wildman–Crippen LogP) is 4.78. The second-order valence-corrected chi connectivity index (χ2v) is 9.65. The standard InChI is InChI=1S/C28H23N3O5S/c1-20-7-5-6-10-26(20)28(33)36-24-17-11-21(12-18-24)19-29-30-27(32)22-13-15-23(16-14-22)31-37(34,35)25-8-3-2-4-9-25/h2-19,31H,1H3,(H,30,32)/b29-19+. The summed E-state index contributed by atoms with van der Waals surface area (Å²) >= 11 is 0. The van der Waals surface area contributed by atoms with Crippen LogP contribution in [-0.4, -0.2) is 26.5 Å². The summed E-state index contributed by atoms with van der Waals surface area (Å²) in [6, 6.07) is 27.8. The van der Waals surface area contributed by atoms with Crippen LogP contribution in [0.2, 0.25) is 0 Å². The summed E-state index contributed by atoms with van der Waals surface area (Å²) in [5.41, 5.74) is 5.06. The van der Waals surface area contributed by atoms with Gasteiger partial charge in [0.05, 0.1) is 16.7 Å². The number of ether oxygens (including phenoxy) is 1. The maximum atomic E-state index is 12.4. The van der Waals surface area contributed by atoms with Crippen LogP contribution < -0.4 is 14.9 Å². The number of carbonyl (C=O) groups excluding carboxylic acids is 2. The highest BCUT2D eigenvalue weighted by atomic mass is 32.2. The predicted molar refractivity (Wildman–Crippen MR) is 141 cm³/mol. The number of esters is 1. The van der Waals surface area contributed by atoms with E-state index in [0.29, 0.717) is 28.1 Å². The van der Waals surface area contributed by atoms with Gasteiger partial charge in [0.1, 0.15) is 5.75 Å². The number of sulfonamides is 1. The Balaban J connectivity index is 1.31. The van der Waals surface area contributed by atoms with Crippen molar-refractivity contribution in [3.63, 3.8) is 0 Å². The summed E-state index contributed by atoms with van der Waals surface area (Å²) in [4.78, 5) is 24.8. The molecule has 0 bridgehead atoms. The lowest BCUT2D eigenvalue weighted by atomic mass is 10.1. The van der Waals surface area contributed by atoms with Gasteiger partial charge in [0.2, 0.25) is 0 Å². The van der Waals surface area contributed by atoms with Crippen molar-refractivity contribution >= 4 is 33.8 Å². The minimum atomic E-state index is -3.72. The number of anilines is 1. The van der Waals surface area contributed by atoms with Gasteiger partial charge >= 0.3 is 5.97 Å². The molecule has 4 aromatic rings. The Morgan fingerprint density at radius 1 is 0.811 bits per heavy atom. The molecule has 186 valence electrons. The van der Waals surface area contributed by atoms with E-state index in [1.807, 2.05) is 19.1 Å². The molecule has 0 fully saturated rings. The molecular formula is C28H23N3O5S. The third-order valence-corrected chi connectivity index (χ3v) is 6.69. The average molecular weight is 514 g/mol. The molecule has 37 heavy (non-hydrogen) atoms. The molecular weight excluding hydrogens is 490 g/mol. The highest BCUT2D eigenvalue weighted by Crippen LogP contribution is 2.17. The molecule has 4 aromatic carbocycles. The number of carbonyl (C=O) groups is 2. The number of amides is 1. The summed E-state index contributed by atoms with van der Waals surface area (Å²) < 4.78 is 32.7. The Bertz CT molecular complexity index is 1530. The number of nitrogens with one attached hydrogen (secondary N) is 2. The lowest BCUT2D eigenvalue weighted by molar-refractivity contribution is 0.0733. The Morgan fingerprint density at radius 3 is 2.14 bits per heavy atom. The summed E-state index contributed by atoms with van der Waals surface area (Å²) in [6.45, 7) is 1.84.